The molecule has 1 aliphatic rings. The number of piperidine rings is 1. The Bertz CT molecular complexity index is 1620. The third kappa shape index (κ3) is 8.43. The van der Waals surface area contributed by atoms with E-state index in [9.17, 15) is 9.18 Å². The molecule has 1 fully saturated rings. The van der Waals surface area contributed by atoms with Crippen LogP contribution in [0.1, 0.15) is 84.5 Å². The molecule has 14 heteroatoms. The Labute approximate surface area is 283 Å². The molecule has 0 bridgehead atoms. The fraction of sp³-hybridized carbons (Fsp3) is 0.559. The summed E-state index contributed by atoms with van der Waals surface area (Å²) in [6.45, 7) is 16.9. The predicted octanol–water partition coefficient (Wildman–Crippen LogP) is 7.07. The van der Waals surface area contributed by atoms with Crippen LogP contribution in [0.5, 0.6) is 5.75 Å². The average Bonchev–Trinajstić information content (AvgIpc) is 3.40. The molecule has 4 heterocycles. The first-order valence-electron chi connectivity index (χ1n) is 15.9. The molecule has 3 aromatic rings. The number of aromatic nitrogens is 5. The number of likely N-dealkylation sites (tertiary alicyclic amines) is 1. The van der Waals surface area contributed by atoms with E-state index in [2.05, 4.69) is 60.5 Å². The molecule has 0 saturated carbocycles. The van der Waals surface area contributed by atoms with E-state index in [1.54, 1.807) is 11.0 Å². The summed E-state index contributed by atoms with van der Waals surface area (Å²) in [5.74, 6) is -1.20. The molecule has 0 spiro atoms. The third-order valence-corrected chi connectivity index (χ3v) is 12.4. The first kappa shape index (κ1) is 37.0. The van der Waals surface area contributed by atoms with Crippen LogP contribution in [-0.4, -0.2) is 78.5 Å². The largest absolute Gasteiger partial charge is 0.479 e. The molecule has 1 saturated heterocycles. The minimum absolute atomic E-state index is 0.0732. The normalized spacial score (nSPS) is 16.8. The number of halogens is 2. The lowest BCUT2D eigenvalue weighted by molar-refractivity contribution is 0.0117. The van der Waals surface area contributed by atoms with Gasteiger partial charge in [-0.3, -0.25) is 4.98 Å². The quantitative estimate of drug-likeness (QED) is 0.251. The summed E-state index contributed by atoms with van der Waals surface area (Å²) in [5, 5.41) is 9.00. The van der Waals surface area contributed by atoms with Gasteiger partial charge in [-0.1, -0.05) is 26.0 Å². The van der Waals surface area contributed by atoms with Crippen molar-refractivity contribution in [1.29, 1.82) is 0 Å². The minimum Gasteiger partial charge on any atom is -0.479 e. The van der Waals surface area contributed by atoms with E-state index in [-0.39, 0.29) is 28.9 Å². The van der Waals surface area contributed by atoms with E-state index >= 15 is 4.39 Å². The number of pyridine rings is 2. The van der Waals surface area contributed by atoms with Crippen LogP contribution in [0, 0.1) is 12.7 Å². The Morgan fingerprint density at radius 2 is 1.79 bits per heavy atom. The summed E-state index contributed by atoms with van der Waals surface area (Å²) in [6, 6.07) is 4.44. The number of nitrogens with two attached hydrogens (primary N) is 1. The van der Waals surface area contributed by atoms with Gasteiger partial charge in [0.05, 0.1) is 23.1 Å². The van der Waals surface area contributed by atoms with E-state index in [1.807, 2.05) is 32.4 Å². The zero-order chi connectivity index (χ0) is 35.7. The molecule has 264 valence electrons. The Kier molecular flexibility index (Phi) is 10.8. The molecule has 1 unspecified atom stereocenters. The Balaban J connectivity index is 1.65. The van der Waals surface area contributed by atoms with Gasteiger partial charge in [-0.15, -0.1) is 15.4 Å². The molecule has 1 amide bonds. The van der Waals surface area contributed by atoms with Crippen LogP contribution in [0.25, 0.3) is 17.1 Å². The van der Waals surface area contributed by atoms with Crippen molar-refractivity contribution in [3.63, 3.8) is 0 Å². The number of amides is 1. The van der Waals surface area contributed by atoms with Gasteiger partial charge in [0, 0.05) is 35.8 Å². The molecule has 0 aromatic carbocycles. The number of hydrogen-bond acceptors (Lipinski definition) is 9. The minimum atomic E-state index is -1.57. The second-order valence-corrected chi connectivity index (χ2v) is 18.5. The maximum Gasteiger partial charge on any atom is 0.410 e. The van der Waals surface area contributed by atoms with Crippen molar-refractivity contribution in [3.8, 4) is 17.0 Å². The van der Waals surface area contributed by atoms with Crippen molar-refractivity contribution in [2.45, 2.75) is 90.2 Å². The summed E-state index contributed by atoms with van der Waals surface area (Å²) in [7, 11) is -1.57. The van der Waals surface area contributed by atoms with Crippen LogP contribution in [-0.2, 0) is 14.5 Å². The first-order chi connectivity index (χ1) is 22.2. The fourth-order valence-corrected chi connectivity index (χ4v) is 5.88. The molecule has 11 nitrogen and oxygen atoms in total. The van der Waals surface area contributed by atoms with Crippen LogP contribution in [0.4, 0.5) is 13.6 Å². The molecule has 0 aliphatic carbocycles. The Morgan fingerprint density at radius 3 is 2.35 bits per heavy atom. The highest BCUT2D eigenvalue weighted by molar-refractivity contribution is 8.29. The lowest BCUT2D eigenvalue weighted by Crippen LogP contribution is -2.48. The average molecular weight is 690 g/mol. The Hall–Kier alpha value is -3.78. The summed E-state index contributed by atoms with van der Waals surface area (Å²) >= 11 is 0. The van der Waals surface area contributed by atoms with Crippen LogP contribution in [0.15, 0.2) is 36.8 Å². The number of carbonyl (C=O) groups is 1. The van der Waals surface area contributed by atoms with E-state index in [0.717, 1.165) is 18.1 Å². The molecule has 1 aliphatic heterocycles. The summed E-state index contributed by atoms with van der Waals surface area (Å²) in [6.07, 6.45) is 7.66. The standard InChI is InChI=1S/C34H49F2N7O4S/c1-22-29(40-41-43(22)34(8)13-15-42(16-14-34)31(44)47-32(2,3)4)23-17-27(30(39-19-23)25(36)18-37)46-28(26-12-11-24(35)20-38-26)21-45-48(9,10)33(5,6)7/h11-12,17-20,28H,13-16,21,37H2,1-10H3/b25-18+. The zero-order valence-electron chi connectivity index (χ0n) is 29.6. The van der Waals surface area contributed by atoms with Crippen molar-refractivity contribution in [1.82, 2.24) is 29.9 Å². The summed E-state index contributed by atoms with van der Waals surface area (Å²) in [5.41, 5.74) is 6.73. The first-order valence-corrected chi connectivity index (χ1v) is 18.3. The number of nitrogens with zero attached hydrogens (tertiary/aromatic N) is 6. The van der Waals surface area contributed by atoms with Crippen LogP contribution in [0.3, 0.4) is 0 Å². The van der Waals surface area contributed by atoms with E-state index in [1.165, 1.54) is 18.3 Å². The van der Waals surface area contributed by atoms with E-state index in [0.29, 0.717) is 42.9 Å². The topological polar surface area (TPSA) is 131 Å². The number of ether oxygens (including phenoxy) is 2. The number of rotatable bonds is 9. The van der Waals surface area contributed by atoms with Gasteiger partial charge in [0.15, 0.2) is 11.9 Å². The Morgan fingerprint density at radius 1 is 1.12 bits per heavy atom. The maximum atomic E-state index is 15.1. The van der Waals surface area contributed by atoms with Crippen molar-refractivity contribution in [2.24, 2.45) is 5.73 Å². The van der Waals surface area contributed by atoms with Crippen molar-refractivity contribution >= 4 is 22.2 Å². The SMILES string of the molecule is Cc1c(-c2cnc(/C(F)=C\N)c(OC(COS(C)(C)C(C)(C)C)c3ccc(F)cn3)c2)nnn1C1(C)CCN(C(=O)OC(C)(C)C)CC1. The van der Waals surface area contributed by atoms with Crippen molar-refractivity contribution in [2.75, 3.05) is 32.2 Å². The zero-order valence-corrected chi connectivity index (χ0v) is 30.5. The van der Waals surface area contributed by atoms with Gasteiger partial charge in [0.1, 0.15) is 35.2 Å². The van der Waals surface area contributed by atoms with Crippen LogP contribution in [0.2, 0.25) is 0 Å². The maximum absolute atomic E-state index is 15.1. The summed E-state index contributed by atoms with van der Waals surface area (Å²) < 4.78 is 49.0. The molecule has 4 rings (SSSR count). The third-order valence-electron chi connectivity index (χ3n) is 8.74. The van der Waals surface area contributed by atoms with Crippen LogP contribution < -0.4 is 10.5 Å². The highest BCUT2D eigenvalue weighted by Gasteiger charge is 2.37. The van der Waals surface area contributed by atoms with E-state index in [4.69, 9.17) is 19.4 Å². The van der Waals surface area contributed by atoms with Crippen molar-refractivity contribution < 1.29 is 27.2 Å². The summed E-state index contributed by atoms with van der Waals surface area (Å²) in [4.78, 5) is 23.0. The second kappa shape index (κ2) is 14.0. The molecule has 2 N–H and O–H groups in total. The number of hydrogen-bond donors (Lipinski definition) is 1. The highest BCUT2D eigenvalue weighted by atomic mass is 32.3. The van der Waals surface area contributed by atoms with Gasteiger partial charge in [-0.2, -0.15) is 0 Å². The lowest BCUT2D eigenvalue weighted by atomic mass is 9.89. The number of carbonyl (C=O) groups excluding carboxylic acids is 1. The molecule has 0 radical (unpaired) electrons. The van der Waals surface area contributed by atoms with Crippen molar-refractivity contribution in [3.05, 3.63) is 59.7 Å². The molecule has 1 atom stereocenters. The van der Waals surface area contributed by atoms with Gasteiger partial charge in [-0.25, -0.2) is 23.2 Å². The fourth-order valence-electron chi connectivity index (χ4n) is 5.06. The monoisotopic (exact) mass is 689 g/mol. The predicted molar refractivity (Wildman–Crippen MR) is 185 cm³/mol. The van der Waals surface area contributed by atoms with Gasteiger partial charge < -0.3 is 24.3 Å². The molecule has 48 heavy (non-hydrogen) atoms. The molecular formula is C34H49F2N7O4S. The molecule has 3 aromatic heterocycles. The van der Waals surface area contributed by atoms with Gasteiger partial charge in [0.25, 0.3) is 0 Å². The van der Waals surface area contributed by atoms with E-state index < -0.39 is 39.2 Å². The molecular weight excluding hydrogens is 640 g/mol. The van der Waals surface area contributed by atoms with Gasteiger partial charge in [0.2, 0.25) is 0 Å². The highest BCUT2D eigenvalue weighted by Crippen LogP contribution is 2.54. The van der Waals surface area contributed by atoms with Gasteiger partial charge >= 0.3 is 6.09 Å². The second-order valence-electron chi connectivity index (χ2n) is 14.6. The van der Waals surface area contributed by atoms with Crippen LogP contribution >= 0.6 is 10.3 Å². The van der Waals surface area contributed by atoms with Gasteiger partial charge in [-0.05, 0) is 78.2 Å². The lowest BCUT2D eigenvalue weighted by Gasteiger charge is -2.44. The smallest absolute Gasteiger partial charge is 0.410 e.